The molecule has 0 spiro atoms. The van der Waals surface area contributed by atoms with Crippen molar-refractivity contribution >= 4 is 11.9 Å². The number of nitrogens with zero attached hydrogens (tertiary/aromatic N) is 1. The zero-order valence-electron chi connectivity index (χ0n) is 9.57. The van der Waals surface area contributed by atoms with Gasteiger partial charge in [0.2, 0.25) is 5.91 Å². The highest BCUT2D eigenvalue weighted by atomic mass is 19.4. The third kappa shape index (κ3) is 4.91. The van der Waals surface area contributed by atoms with E-state index in [0.717, 1.165) is 0 Å². The van der Waals surface area contributed by atoms with Crippen molar-refractivity contribution in [2.24, 2.45) is 5.92 Å². The minimum atomic E-state index is -4.45. The Bertz CT molecular complexity index is 311. The van der Waals surface area contributed by atoms with Crippen molar-refractivity contribution in [2.45, 2.75) is 19.0 Å². The SMILES string of the molecule is O=C(O)C1CCN(C(=O)COCC(F)(F)F)CC1. The van der Waals surface area contributed by atoms with Crippen LogP contribution in [0.2, 0.25) is 0 Å². The molecule has 0 aliphatic carbocycles. The van der Waals surface area contributed by atoms with E-state index in [1.165, 1.54) is 4.90 Å². The van der Waals surface area contributed by atoms with Crippen LogP contribution in [0.15, 0.2) is 0 Å². The molecule has 5 nitrogen and oxygen atoms in total. The van der Waals surface area contributed by atoms with Crippen LogP contribution in [0, 0.1) is 5.92 Å². The number of halogens is 3. The molecular weight excluding hydrogens is 255 g/mol. The summed E-state index contributed by atoms with van der Waals surface area (Å²) in [5, 5.41) is 8.74. The summed E-state index contributed by atoms with van der Waals surface area (Å²) in [4.78, 5) is 23.4. The first kappa shape index (κ1) is 14.7. The summed E-state index contributed by atoms with van der Waals surface area (Å²) in [6.07, 6.45) is -3.81. The van der Waals surface area contributed by atoms with Gasteiger partial charge in [0.15, 0.2) is 0 Å². The van der Waals surface area contributed by atoms with Gasteiger partial charge in [0, 0.05) is 13.1 Å². The van der Waals surface area contributed by atoms with Gasteiger partial charge in [0.05, 0.1) is 5.92 Å². The van der Waals surface area contributed by atoms with Gasteiger partial charge >= 0.3 is 12.1 Å². The van der Waals surface area contributed by atoms with Crippen molar-refractivity contribution in [3.05, 3.63) is 0 Å². The lowest BCUT2D eigenvalue weighted by Gasteiger charge is -2.30. The molecule has 1 fully saturated rings. The summed E-state index contributed by atoms with van der Waals surface area (Å²) in [6, 6.07) is 0. The van der Waals surface area contributed by atoms with Crippen molar-refractivity contribution in [3.63, 3.8) is 0 Å². The number of rotatable bonds is 4. The normalized spacial score (nSPS) is 17.8. The van der Waals surface area contributed by atoms with Gasteiger partial charge in [-0.2, -0.15) is 13.2 Å². The molecule has 0 bridgehead atoms. The maximum absolute atomic E-state index is 11.8. The third-order valence-electron chi connectivity index (χ3n) is 2.69. The van der Waals surface area contributed by atoms with Crippen molar-refractivity contribution in [2.75, 3.05) is 26.3 Å². The highest BCUT2D eigenvalue weighted by molar-refractivity contribution is 5.78. The number of alkyl halides is 3. The average molecular weight is 269 g/mol. The van der Waals surface area contributed by atoms with E-state index in [4.69, 9.17) is 5.11 Å². The summed E-state index contributed by atoms with van der Waals surface area (Å²) in [7, 11) is 0. The number of piperidine rings is 1. The van der Waals surface area contributed by atoms with E-state index in [0.29, 0.717) is 12.8 Å². The Morgan fingerprint density at radius 2 is 1.83 bits per heavy atom. The van der Waals surface area contributed by atoms with Crippen LogP contribution < -0.4 is 0 Å². The number of carboxylic acids is 1. The predicted octanol–water partition coefficient (Wildman–Crippen LogP) is 0.889. The van der Waals surface area contributed by atoms with E-state index >= 15 is 0 Å². The zero-order valence-corrected chi connectivity index (χ0v) is 9.57. The summed E-state index contributed by atoms with van der Waals surface area (Å²) < 4.78 is 39.6. The molecule has 1 aliphatic heterocycles. The summed E-state index contributed by atoms with van der Waals surface area (Å²) in [6.45, 7) is -1.60. The van der Waals surface area contributed by atoms with E-state index in [1.54, 1.807) is 0 Å². The maximum atomic E-state index is 11.8. The van der Waals surface area contributed by atoms with Crippen LogP contribution in [0.4, 0.5) is 13.2 Å². The number of carbonyl (C=O) groups is 2. The molecule has 104 valence electrons. The molecule has 0 atom stereocenters. The van der Waals surface area contributed by atoms with Gasteiger partial charge in [0.25, 0.3) is 0 Å². The topological polar surface area (TPSA) is 66.8 Å². The molecule has 8 heteroatoms. The van der Waals surface area contributed by atoms with Crippen LogP contribution in [0.3, 0.4) is 0 Å². The number of likely N-dealkylation sites (tertiary alicyclic amines) is 1. The van der Waals surface area contributed by atoms with E-state index in [9.17, 15) is 22.8 Å². The molecule has 1 rings (SSSR count). The Morgan fingerprint density at radius 1 is 1.28 bits per heavy atom. The van der Waals surface area contributed by atoms with Gasteiger partial charge in [-0.15, -0.1) is 0 Å². The number of hydrogen-bond acceptors (Lipinski definition) is 3. The molecule has 1 N–H and O–H groups in total. The number of aliphatic carboxylic acids is 1. The monoisotopic (exact) mass is 269 g/mol. The molecule has 0 aromatic carbocycles. The van der Waals surface area contributed by atoms with Gasteiger partial charge in [-0.05, 0) is 12.8 Å². The first-order chi connectivity index (χ1) is 8.29. The summed E-state index contributed by atoms with van der Waals surface area (Å²) in [5.74, 6) is -1.93. The first-order valence-electron chi connectivity index (χ1n) is 5.44. The van der Waals surface area contributed by atoms with E-state index in [2.05, 4.69) is 4.74 Å². The van der Waals surface area contributed by atoms with Crippen LogP contribution in [-0.4, -0.2) is 54.4 Å². The lowest BCUT2D eigenvalue weighted by molar-refractivity contribution is -0.178. The van der Waals surface area contributed by atoms with Crippen molar-refractivity contribution < 1.29 is 32.6 Å². The molecule has 1 heterocycles. The van der Waals surface area contributed by atoms with Gasteiger partial charge in [-0.3, -0.25) is 9.59 Å². The molecule has 0 aromatic rings. The van der Waals surface area contributed by atoms with Crippen LogP contribution >= 0.6 is 0 Å². The highest BCUT2D eigenvalue weighted by Gasteiger charge is 2.30. The Kier molecular flexibility index (Phi) is 4.94. The first-order valence-corrected chi connectivity index (χ1v) is 5.44. The summed E-state index contributed by atoms with van der Waals surface area (Å²) >= 11 is 0. The van der Waals surface area contributed by atoms with Crippen molar-refractivity contribution in [1.29, 1.82) is 0 Å². The van der Waals surface area contributed by atoms with Gasteiger partial charge < -0.3 is 14.7 Å². The average Bonchev–Trinajstić information content (AvgIpc) is 2.27. The van der Waals surface area contributed by atoms with Crippen molar-refractivity contribution in [1.82, 2.24) is 4.90 Å². The van der Waals surface area contributed by atoms with E-state index in [1.807, 2.05) is 0 Å². The van der Waals surface area contributed by atoms with Gasteiger partial charge in [-0.1, -0.05) is 0 Å². The molecule has 1 aliphatic rings. The van der Waals surface area contributed by atoms with Gasteiger partial charge in [-0.25, -0.2) is 0 Å². The Morgan fingerprint density at radius 3 is 2.28 bits per heavy atom. The Balaban J connectivity index is 2.26. The lowest BCUT2D eigenvalue weighted by atomic mass is 9.97. The maximum Gasteiger partial charge on any atom is 0.411 e. The molecule has 0 aromatic heterocycles. The van der Waals surface area contributed by atoms with Gasteiger partial charge in [0.1, 0.15) is 13.2 Å². The van der Waals surface area contributed by atoms with Crippen LogP contribution in [0.25, 0.3) is 0 Å². The number of carbonyl (C=O) groups excluding carboxylic acids is 1. The molecular formula is C10H14F3NO4. The molecule has 0 unspecified atom stereocenters. The predicted molar refractivity (Wildman–Crippen MR) is 53.8 cm³/mol. The highest BCUT2D eigenvalue weighted by Crippen LogP contribution is 2.18. The van der Waals surface area contributed by atoms with E-state index in [-0.39, 0.29) is 13.1 Å². The molecule has 1 amide bonds. The number of carboxylic acid groups (broad SMARTS) is 1. The number of hydrogen-bond donors (Lipinski definition) is 1. The fraction of sp³-hybridized carbons (Fsp3) is 0.800. The zero-order chi connectivity index (χ0) is 13.8. The van der Waals surface area contributed by atoms with Crippen LogP contribution in [0.1, 0.15) is 12.8 Å². The second-order valence-corrected chi connectivity index (χ2v) is 4.10. The molecule has 0 radical (unpaired) electrons. The number of ether oxygens (including phenoxy) is 1. The summed E-state index contributed by atoms with van der Waals surface area (Å²) in [5.41, 5.74) is 0. The second-order valence-electron chi connectivity index (χ2n) is 4.10. The Hall–Kier alpha value is -1.31. The minimum absolute atomic E-state index is 0.241. The minimum Gasteiger partial charge on any atom is -0.481 e. The largest absolute Gasteiger partial charge is 0.481 e. The fourth-order valence-electron chi connectivity index (χ4n) is 1.72. The van der Waals surface area contributed by atoms with Crippen molar-refractivity contribution in [3.8, 4) is 0 Å². The van der Waals surface area contributed by atoms with Crippen LogP contribution in [0.5, 0.6) is 0 Å². The molecule has 0 saturated carbocycles. The fourth-order valence-corrected chi connectivity index (χ4v) is 1.72. The smallest absolute Gasteiger partial charge is 0.411 e. The standard InChI is InChI=1S/C10H14F3NO4/c11-10(12,13)6-18-5-8(15)14-3-1-7(2-4-14)9(16)17/h7H,1-6H2,(H,16,17). The quantitative estimate of drug-likeness (QED) is 0.823. The molecule has 1 saturated heterocycles. The lowest BCUT2D eigenvalue weighted by Crippen LogP contribution is -2.42. The van der Waals surface area contributed by atoms with Crippen LogP contribution in [-0.2, 0) is 14.3 Å². The third-order valence-corrected chi connectivity index (χ3v) is 2.69. The molecule has 18 heavy (non-hydrogen) atoms. The second kappa shape index (κ2) is 6.03. The van der Waals surface area contributed by atoms with E-state index < -0.39 is 37.2 Å². The number of amides is 1. The Labute approximate surface area is 102 Å².